The molecule has 0 aromatic heterocycles. The summed E-state index contributed by atoms with van der Waals surface area (Å²) in [6.45, 7) is 0.275. The van der Waals surface area contributed by atoms with Crippen molar-refractivity contribution in [3.63, 3.8) is 0 Å². The molecule has 7 rings (SSSR count). The Labute approximate surface area is 237 Å². The zero-order chi connectivity index (χ0) is 27.4. The number of nitrogens with zero attached hydrogens (tertiary/aromatic N) is 1. The molecular weight excluding hydrogens is 535 g/mol. The lowest BCUT2D eigenvalue weighted by Crippen LogP contribution is -2.57. The number of nitrogens with one attached hydrogen (secondary N) is 1. The molecule has 8 heteroatoms. The lowest BCUT2D eigenvalue weighted by atomic mass is 9.54. The van der Waals surface area contributed by atoms with E-state index >= 15 is 0 Å². The van der Waals surface area contributed by atoms with E-state index in [1.807, 2.05) is 48.5 Å². The van der Waals surface area contributed by atoms with Crippen molar-refractivity contribution in [3.05, 3.63) is 95.1 Å². The number of unbranched alkanes of at least 4 members (excludes halogenated alkanes) is 2. The van der Waals surface area contributed by atoms with Crippen LogP contribution in [0.5, 0.6) is 5.75 Å². The predicted octanol–water partition coefficient (Wildman–Crippen LogP) is 5.79. The first-order valence-corrected chi connectivity index (χ1v) is 13.9. The molecule has 0 radical (unpaired) electrons. The molecule has 1 N–H and O–H groups in total. The number of amides is 3. The molecule has 1 fully saturated rings. The molecule has 1 saturated heterocycles. The molecule has 200 valence electrons. The summed E-state index contributed by atoms with van der Waals surface area (Å²) in [4.78, 5) is 39.0. The van der Waals surface area contributed by atoms with Crippen LogP contribution in [0.15, 0.2) is 72.8 Å². The quantitative estimate of drug-likeness (QED) is 0.214. The average molecular weight is 563 g/mol. The van der Waals surface area contributed by atoms with Crippen molar-refractivity contribution < 1.29 is 19.1 Å². The van der Waals surface area contributed by atoms with Crippen LogP contribution >= 0.6 is 23.2 Å². The molecule has 0 spiro atoms. The van der Waals surface area contributed by atoms with Crippen LogP contribution in [0.4, 0.5) is 5.69 Å². The second kappa shape index (κ2) is 9.68. The molecule has 2 bridgehead atoms. The first kappa shape index (κ1) is 25.9. The smallest absolute Gasteiger partial charge is 0.235 e. The molecule has 0 saturated carbocycles. The van der Waals surface area contributed by atoms with Crippen LogP contribution in [0.2, 0.25) is 0 Å². The van der Waals surface area contributed by atoms with Crippen molar-refractivity contribution in [2.75, 3.05) is 19.0 Å². The topological polar surface area (TPSA) is 75.7 Å². The summed E-state index contributed by atoms with van der Waals surface area (Å²) in [7, 11) is 1.59. The number of anilines is 1. The van der Waals surface area contributed by atoms with Crippen LogP contribution in [-0.4, -0.2) is 36.3 Å². The number of likely N-dealkylation sites (tertiary alicyclic amines) is 1. The Hall–Kier alpha value is -3.35. The predicted molar refractivity (Wildman–Crippen MR) is 150 cm³/mol. The minimum absolute atomic E-state index is 0.0835. The largest absolute Gasteiger partial charge is 0.497 e. The average Bonchev–Trinajstić information content (AvgIpc) is 3.22. The van der Waals surface area contributed by atoms with Crippen molar-refractivity contribution >= 4 is 46.6 Å². The van der Waals surface area contributed by atoms with Crippen molar-refractivity contribution in [1.82, 2.24) is 4.90 Å². The fourth-order valence-electron chi connectivity index (χ4n) is 6.58. The zero-order valence-electron chi connectivity index (χ0n) is 21.5. The number of imide groups is 1. The van der Waals surface area contributed by atoms with Gasteiger partial charge >= 0.3 is 0 Å². The number of ether oxygens (including phenoxy) is 1. The minimum Gasteiger partial charge on any atom is -0.497 e. The molecule has 2 atom stereocenters. The number of alkyl halides is 2. The molecule has 1 heterocycles. The lowest BCUT2D eigenvalue weighted by molar-refractivity contribution is -0.140. The summed E-state index contributed by atoms with van der Waals surface area (Å²) in [6.07, 6.45) is 2.28. The van der Waals surface area contributed by atoms with Gasteiger partial charge in [0.1, 0.15) is 15.5 Å². The third kappa shape index (κ3) is 3.80. The molecule has 3 aliphatic carbocycles. The fraction of sp³-hybridized carbons (Fsp3) is 0.323. The maximum absolute atomic E-state index is 13.8. The number of halogens is 2. The molecule has 0 unspecified atom stereocenters. The van der Waals surface area contributed by atoms with Crippen molar-refractivity contribution in [1.29, 1.82) is 0 Å². The molecule has 1 aliphatic heterocycles. The number of carbonyl (C=O) groups excluding carboxylic acids is 3. The highest BCUT2D eigenvalue weighted by Crippen LogP contribution is 2.69. The zero-order valence-corrected chi connectivity index (χ0v) is 23.0. The Morgan fingerprint density at radius 1 is 0.795 bits per heavy atom. The Morgan fingerprint density at radius 2 is 1.28 bits per heavy atom. The van der Waals surface area contributed by atoms with E-state index in [0.717, 1.165) is 28.0 Å². The monoisotopic (exact) mass is 562 g/mol. The first-order valence-electron chi connectivity index (χ1n) is 13.2. The molecule has 6 nitrogen and oxygen atoms in total. The molecular formula is C31H28Cl2N2O4. The van der Waals surface area contributed by atoms with Gasteiger partial charge in [-0.1, -0.05) is 55.0 Å². The first-order chi connectivity index (χ1) is 18.8. The summed E-state index contributed by atoms with van der Waals surface area (Å²) in [5.41, 5.74) is 3.90. The van der Waals surface area contributed by atoms with Gasteiger partial charge in [-0.05, 0) is 59.4 Å². The Bertz CT molecular complexity index is 1350. The van der Waals surface area contributed by atoms with Crippen molar-refractivity contribution in [3.8, 4) is 5.75 Å². The summed E-state index contributed by atoms with van der Waals surface area (Å²) < 4.78 is 5.13. The second-order valence-electron chi connectivity index (χ2n) is 10.4. The van der Waals surface area contributed by atoms with E-state index in [4.69, 9.17) is 27.9 Å². The van der Waals surface area contributed by atoms with E-state index < -0.39 is 21.6 Å². The number of methoxy groups -OCH3 is 1. The summed E-state index contributed by atoms with van der Waals surface area (Å²) in [5, 5.41) is 2.87. The Balaban J connectivity index is 1.14. The Kier molecular flexibility index (Phi) is 6.43. The van der Waals surface area contributed by atoms with Gasteiger partial charge in [-0.2, -0.15) is 0 Å². The number of hydrogen-bond acceptors (Lipinski definition) is 4. The lowest BCUT2D eigenvalue weighted by Gasteiger charge is -2.54. The third-order valence-electron chi connectivity index (χ3n) is 8.34. The van der Waals surface area contributed by atoms with Gasteiger partial charge in [0.25, 0.3) is 0 Å². The summed E-state index contributed by atoms with van der Waals surface area (Å²) >= 11 is 14.9. The fourth-order valence-corrected chi connectivity index (χ4v) is 7.67. The van der Waals surface area contributed by atoms with Gasteiger partial charge in [0, 0.05) is 18.7 Å². The molecule has 39 heavy (non-hydrogen) atoms. The Morgan fingerprint density at radius 3 is 1.74 bits per heavy atom. The van der Waals surface area contributed by atoms with Gasteiger partial charge in [-0.3, -0.25) is 19.3 Å². The highest BCUT2D eigenvalue weighted by atomic mass is 35.5. The van der Waals surface area contributed by atoms with Gasteiger partial charge in [0.2, 0.25) is 17.7 Å². The normalized spacial score (nSPS) is 26.2. The molecule has 3 aromatic carbocycles. The van der Waals surface area contributed by atoms with Crippen LogP contribution in [0, 0.1) is 11.8 Å². The molecule has 3 amide bonds. The third-order valence-corrected chi connectivity index (χ3v) is 9.62. The number of carbonyl (C=O) groups is 3. The maximum atomic E-state index is 13.8. The van der Waals surface area contributed by atoms with E-state index in [0.29, 0.717) is 31.4 Å². The van der Waals surface area contributed by atoms with Crippen molar-refractivity contribution in [2.24, 2.45) is 11.8 Å². The van der Waals surface area contributed by atoms with E-state index in [9.17, 15) is 14.4 Å². The molecule has 4 aliphatic rings. The number of rotatable bonds is 8. The van der Waals surface area contributed by atoms with E-state index in [-0.39, 0.29) is 24.3 Å². The SMILES string of the molecule is COc1ccc(NC(=O)CCCCCN2C(=O)[C@H]3[C@H](C2=O)C2(Cl)c4ccccc4C3(Cl)c3ccccc32)cc1. The number of benzene rings is 3. The highest BCUT2D eigenvalue weighted by molar-refractivity contribution is 6.36. The van der Waals surface area contributed by atoms with E-state index in [1.54, 1.807) is 31.4 Å². The molecule has 3 aromatic rings. The van der Waals surface area contributed by atoms with Crippen LogP contribution in [0.25, 0.3) is 0 Å². The summed E-state index contributed by atoms with van der Waals surface area (Å²) in [5.74, 6) is -1.45. The standard InChI is InChI=1S/C31H28Cl2N2O4/c1-39-20-16-14-19(15-17-20)34-25(36)13-3-2-8-18-35-28(37)26-27(29(35)38)31(33)22-10-5-4-9-21(22)30(26,32)23-11-6-7-12-24(23)31/h4-7,9-12,14-17,26-27H,2-3,8,13,18H2,1H3,(H,34,36)/t26-,27-,30?,31?/m1/s1. The minimum atomic E-state index is -1.16. The van der Waals surface area contributed by atoms with Gasteiger partial charge in [0.15, 0.2) is 0 Å². The highest BCUT2D eigenvalue weighted by Gasteiger charge is 2.72. The van der Waals surface area contributed by atoms with Crippen LogP contribution in [-0.2, 0) is 24.1 Å². The summed E-state index contributed by atoms with van der Waals surface area (Å²) in [6, 6.07) is 22.4. The second-order valence-corrected chi connectivity index (χ2v) is 11.6. The van der Waals surface area contributed by atoms with Gasteiger partial charge < -0.3 is 10.1 Å². The van der Waals surface area contributed by atoms with E-state index in [2.05, 4.69) is 5.32 Å². The van der Waals surface area contributed by atoms with Crippen molar-refractivity contribution in [2.45, 2.75) is 35.4 Å². The van der Waals surface area contributed by atoms with Gasteiger partial charge in [-0.15, -0.1) is 23.2 Å². The van der Waals surface area contributed by atoms with Crippen LogP contribution in [0.1, 0.15) is 47.9 Å². The van der Waals surface area contributed by atoms with Crippen LogP contribution in [0.3, 0.4) is 0 Å². The van der Waals surface area contributed by atoms with Crippen LogP contribution < -0.4 is 10.1 Å². The number of hydrogen-bond donors (Lipinski definition) is 1. The maximum Gasteiger partial charge on any atom is 0.235 e. The van der Waals surface area contributed by atoms with Gasteiger partial charge in [0.05, 0.1) is 18.9 Å². The van der Waals surface area contributed by atoms with E-state index in [1.165, 1.54) is 4.90 Å². The van der Waals surface area contributed by atoms with Gasteiger partial charge in [-0.25, -0.2) is 0 Å².